The fraction of sp³-hybridized carbons (Fsp3) is 0.444. The molecular weight excluding hydrogens is 308 g/mol. The summed E-state index contributed by atoms with van der Waals surface area (Å²) in [6.45, 7) is 4.86. The lowest BCUT2D eigenvalue weighted by atomic mass is 10.0. The third kappa shape index (κ3) is 3.01. The van der Waals surface area contributed by atoms with E-state index in [9.17, 15) is 9.59 Å². The standard InChI is InChI=1S/C18H22N2O4/c1-12-14(4-6-17(21)22)18(23)15-11-13(3-5-16(15)19(12)2)20-7-9-24-10-8-20/h3,5,11H,4,6-10H2,1-2H3,(H,21,22). The van der Waals surface area contributed by atoms with Crippen LogP contribution >= 0.6 is 0 Å². The summed E-state index contributed by atoms with van der Waals surface area (Å²) in [5, 5.41) is 9.57. The molecule has 128 valence electrons. The highest BCUT2D eigenvalue weighted by molar-refractivity contribution is 5.84. The minimum atomic E-state index is -0.890. The number of ether oxygens (including phenoxy) is 1. The van der Waals surface area contributed by atoms with Gasteiger partial charge in [-0.2, -0.15) is 0 Å². The highest BCUT2D eigenvalue weighted by Crippen LogP contribution is 2.23. The van der Waals surface area contributed by atoms with Gasteiger partial charge in [0.1, 0.15) is 0 Å². The highest BCUT2D eigenvalue weighted by atomic mass is 16.5. The van der Waals surface area contributed by atoms with E-state index >= 15 is 0 Å². The van der Waals surface area contributed by atoms with Crippen LogP contribution in [0.2, 0.25) is 0 Å². The van der Waals surface area contributed by atoms with Crippen molar-refractivity contribution in [3.63, 3.8) is 0 Å². The largest absolute Gasteiger partial charge is 0.481 e. The molecule has 1 aliphatic heterocycles. The second-order valence-electron chi connectivity index (χ2n) is 6.15. The van der Waals surface area contributed by atoms with Crippen molar-refractivity contribution in [3.05, 3.63) is 39.7 Å². The summed E-state index contributed by atoms with van der Waals surface area (Å²) in [5.74, 6) is -0.890. The van der Waals surface area contributed by atoms with Crippen LogP contribution in [0.4, 0.5) is 5.69 Å². The average Bonchev–Trinajstić information content (AvgIpc) is 2.60. The van der Waals surface area contributed by atoms with E-state index in [4.69, 9.17) is 9.84 Å². The van der Waals surface area contributed by atoms with Crippen LogP contribution in [-0.2, 0) is 23.0 Å². The molecule has 0 atom stereocenters. The van der Waals surface area contributed by atoms with Gasteiger partial charge in [0.15, 0.2) is 5.43 Å². The third-order valence-electron chi connectivity index (χ3n) is 4.77. The maximum Gasteiger partial charge on any atom is 0.303 e. The molecule has 1 saturated heterocycles. The molecule has 6 nitrogen and oxygen atoms in total. The number of pyridine rings is 1. The summed E-state index contributed by atoms with van der Waals surface area (Å²) in [6.07, 6.45) is 0.219. The SMILES string of the molecule is Cc1c(CCC(=O)O)c(=O)c2cc(N3CCOCC3)ccc2n1C. The summed E-state index contributed by atoms with van der Waals surface area (Å²) in [4.78, 5) is 26.0. The second-order valence-corrected chi connectivity index (χ2v) is 6.15. The quantitative estimate of drug-likeness (QED) is 0.924. The Bertz CT molecular complexity index is 835. The summed E-state index contributed by atoms with van der Waals surface area (Å²) in [6, 6.07) is 5.92. The Hall–Kier alpha value is -2.34. The number of benzene rings is 1. The minimum Gasteiger partial charge on any atom is -0.481 e. The molecule has 2 heterocycles. The minimum absolute atomic E-state index is 0.0370. The molecule has 6 heteroatoms. The molecular formula is C18H22N2O4. The Kier molecular flexibility index (Phi) is 4.57. The molecule has 0 bridgehead atoms. The van der Waals surface area contributed by atoms with E-state index in [1.807, 2.05) is 36.7 Å². The van der Waals surface area contributed by atoms with Crippen LogP contribution in [0.5, 0.6) is 0 Å². The van der Waals surface area contributed by atoms with Crippen molar-refractivity contribution < 1.29 is 14.6 Å². The highest BCUT2D eigenvalue weighted by Gasteiger charge is 2.16. The zero-order valence-corrected chi connectivity index (χ0v) is 14.0. The lowest BCUT2D eigenvalue weighted by Crippen LogP contribution is -2.36. The molecule has 0 spiro atoms. The molecule has 1 N–H and O–H groups in total. The van der Waals surface area contributed by atoms with E-state index in [1.165, 1.54) is 0 Å². The number of aliphatic carboxylic acids is 1. The van der Waals surface area contributed by atoms with E-state index in [-0.39, 0.29) is 18.3 Å². The van der Waals surface area contributed by atoms with Crippen molar-refractivity contribution in [2.24, 2.45) is 7.05 Å². The smallest absolute Gasteiger partial charge is 0.303 e. The van der Waals surface area contributed by atoms with Gasteiger partial charge in [0.05, 0.1) is 18.7 Å². The molecule has 1 aliphatic rings. The molecule has 0 unspecified atom stereocenters. The first kappa shape index (κ1) is 16.5. The number of hydrogen-bond acceptors (Lipinski definition) is 4. The Morgan fingerprint density at radius 2 is 2.00 bits per heavy atom. The lowest BCUT2D eigenvalue weighted by Gasteiger charge is -2.29. The fourth-order valence-corrected chi connectivity index (χ4v) is 3.25. The second kappa shape index (κ2) is 6.65. The Morgan fingerprint density at radius 1 is 1.29 bits per heavy atom. The molecule has 0 saturated carbocycles. The van der Waals surface area contributed by atoms with Crippen molar-refractivity contribution >= 4 is 22.6 Å². The maximum atomic E-state index is 12.9. The molecule has 1 fully saturated rings. The van der Waals surface area contributed by atoms with Crippen LogP contribution in [0.3, 0.4) is 0 Å². The predicted molar refractivity (Wildman–Crippen MR) is 92.9 cm³/mol. The van der Waals surface area contributed by atoms with Crippen molar-refractivity contribution in [2.45, 2.75) is 19.8 Å². The molecule has 2 aromatic rings. The van der Waals surface area contributed by atoms with Gasteiger partial charge in [0, 0.05) is 48.9 Å². The summed E-state index contributed by atoms with van der Waals surface area (Å²) >= 11 is 0. The maximum absolute atomic E-state index is 12.9. The van der Waals surface area contributed by atoms with Crippen molar-refractivity contribution in [3.8, 4) is 0 Å². The van der Waals surface area contributed by atoms with Gasteiger partial charge in [0.2, 0.25) is 0 Å². The average molecular weight is 330 g/mol. The topological polar surface area (TPSA) is 71.8 Å². The number of aryl methyl sites for hydroxylation is 1. The van der Waals surface area contributed by atoms with Gasteiger partial charge in [-0.3, -0.25) is 9.59 Å². The molecule has 0 aliphatic carbocycles. The van der Waals surface area contributed by atoms with Crippen molar-refractivity contribution in [1.82, 2.24) is 4.57 Å². The Balaban J connectivity index is 2.10. The number of hydrogen-bond donors (Lipinski definition) is 1. The summed E-state index contributed by atoms with van der Waals surface area (Å²) in [5.41, 5.74) is 3.24. The van der Waals surface area contributed by atoms with Crippen molar-refractivity contribution in [2.75, 3.05) is 31.2 Å². The van der Waals surface area contributed by atoms with Gasteiger partial charge in [-0.25, -0.2) is 0 Å². The molecule has 0 amide bonds. The number of carbonyl (C=O) groups is 1. The zero-order chi connectivity index (χ0) is 17.3. The number of rotatable bonds is 4. The molecule has 1 aromatic heterocycles. The molecule has 3 rings (SSSR count). The predicted octanol–water partition coefficient (Wildman–Crippen LogP) is 1.70. The third-order valence-corrected chi connectivity index (χ3v) is 4.77. The van der Waals surface area contributed by atoms with Gasteiger partial charge in [-0.15, -0.1) is 0 Å². The number of anilines is 1. The normalized spacial score (nSPS) is 15.0. The first-order valence-corrected chi connectivity index (χ1v) is 8.15. The number of carboxylic acids is 1. The van der Waals surface area contributed by atoms with Crippen LogP contribution in [0, 0.1) is 6.92 Å². The number of aromatic nitrogens is 1. The first-order valence-electron chi connectivity index (χ1n) is 8.15. The monoisotopic (exact) mass is 330 g/mol. The van der Waals surface area contributed by atoms with Crippen LogP contribution in [0.1, 0.15) is 17.7 Å². The van der Waals surface area contributed by atoms with Gasteiger partial charge in [-0.1, -0.05) is 0 Å². The van der Waals surface area contributed by atoms with Crippen LogP contribution in [0.15, 0.2) is 23.0 Å². The van der Waals surface area contributed by atoms with Crippen LogP contribution < -0.4 is 10.3 Å². The molecule has 1 aromatic carbocycles. The molecule has 0 radical (unpaired) electrons. The number of carboxylic acid groups (broad SMARTS) is 1. The molecule has 24 heavy (non-hydrogen) atoms. The first-order chi connectivity index (χ1) is 11.5. The Morgan fingerprint density at radius 3 is 2.67 bits per heavy atom. The zero-order valence-electron chi connectivity index (χ0n) is 14.0. The van der Waals surface area contributed by atoms with Crippen LogP contribution in [-0.4, -0.2) is 41.9 Å². The number of fused-ring (bicyclic) bond motifs is 1. The van der Waals surface area contributed by atoms with Crippen molar-refractivity contribution in [1.29, 1.82) is 0 Å². The summed E-state index contributed by atoms with van der Waals surface area (Å²) < 4.78 is 7.35. The van der Waals surface area contributed by atoms with E-state index < -0.39 is 5.97 Å². The van der Waals surface area contributed by atoms with E-state index in [1.54, 1.807) is 0 Å². The van der Waals surface area contributed by atoms with Gasteiger partial charge in [-0.05, 0) is 31.5 Å². The summed E-state index contributed by atoms with van der Waals surface area (Å²) in [7, 11) is 1.91. The van der Waals surface area contributed by atoms with E-state index in [0.717, 1.165) is 30.0 Å². The van der Waals surface area contributed by atoms with Gasteiger partial charge < -0.3 is 19.3 Å². The van der Waals surface area contributed by atoms with Gasteiger partial charge >= 0.3 is 5.97 Å². The van der Waals surface area contributed by atoms with E-state index in [2.05, 4.69) is 4.90 Å². The van der Waals surface area contributed by atoms with Crippen LogP contribution in [0.25, 0.3) is 10.9 Å². The van der Waals surface area contributed by atoms with E-state index in [0.29, 0.717) is 24.2 Å². The van der Waals surface area contributed by atoms with Gasteiger partial charge in [0.25, 0.3) is 0 Å². The number of morpholine rings is 1. The Labute approximate surface area is 140 Å². The number of nitrogens with zero attached hydrogens (tertiary/aromatic N) is 2. The fourth-order valence-electron chi connectivity index (χ4n) is 3.25. The lowest BCUT2D eigenvalue weighted by molar-refractivity contribution is -0.136.